The van der Waals surface area contributed by atoms with E-state index in [1.165, 1.54) is 4.90 Å². The third-order valence-electron chi connectivity index (χ3n) is 4.57. The van der Waals surface area contributed by atoms with Crippen molar-refractivity contribution in [1.29, 1.82) is 0 Å². The maximum atomic E-state index is 12.3. The lowest BCUT2D eigenvalue weighted by Crippen LogP contribution is -2.37. The molecule has 11 heteroatoms. The molecule has 1 aromatic rings. The Morgan fingerprint density at radius 1 is 1.25 bits per heavy atom. The molecule has 0 atom stereocenters. The second kappa shape index (κ2) is 9.55. The number of halogens is 1. The van der Waals surface area contributed by atoms with Crippen molar-refractivity contribution in [2.75, 3.05) is 54.8 Å². The van der Waals surface area contributed by atoms with Gasteiger partial charge in [-0.05, 0) is 36.7 Å². The molecule has 1 saturated heterocycles. The quantitative estimate of drug-likeness (QED) is 0.614. The zero-order valence-corrected chi connectivity index (χ0v) is 16.9. The number of hydrogen-bond acceptors (Lipinski definition) is 6. The van der Waals surface area contributed by atoms with E-state index >= 15 is 0 Å². The van der Waals surface area contributed by atoms with Gasteiger partial charge in [0.1, 0.15) is 6.54 Å². The predicted octanol–water partition coefficient (Wildman–Crippen LogP) is 0.546. The van der Waals surface area contributed by atoms with Crippen LogP contribution in [0.3, 0.4) is 0 Å². The zero-order valence-electron chi connectivity index (χ0n) is 15.3. The summed E-state index contributed by atoms with van der Waals surface area (Å²) in [4.78, 5) is 26.2. The number of carboxylic acids is 1. The highest BCUT2D eigenvalue weighted by Gasteiger charge is 2.29. The number of aliphatic carboxylic acids is 1. The first-order valence-corrected chi connectivity index (χ1v) is 10.4. The van der Waals surface area contributed by atoms with Crippen molar-refractivity contribution in [3.63, 3.8) is 0 Å². The number of rotatable bonds is 8. The van der Waals surface area contributed by atoms with E-state index in [4.69, 9.17) is 9.84 Å². The van der Waals surface area contributed by atoms with Crippen molar-refractivity contribution in [1.82, 2.24) is 4.90 Å². The molecule has 9 nitrogen and oxygen atoms in total. The first-order valence-electron chi connectivity index (χ1n) is 8.80. The highest BCUT2D eigenvalue weighted by molar-refractivity contribution is 7.92. The Kier molecular flexibility index (Phi) is 7.64. The molecule has 156 valence electrons. The number of benzene rings is 1. The third-order valence-corrected chi connectivity index (χ3v) is 5.94. The molecule has 0 spiro atoms. The van der Waals surface area contributed by atoms with E-state index in [9.17, 15) is 18.0 Å². The molecule has 0 unspecified atom stereocenters. The molecule has 0 radical (unpaired) electrons. The van der Waals surface area contributed by atoms with Crippen LogP contribution in [0.25, 0.3) is 0 Å². The Morgan fingerprint density at radius 2 is 1.96 bits per heavy atom. The molecule has 1 fully saturated rings. The van der Waals surface area contributed by atoms with Crippen molar-refractivity contribution in [2.45, 2.75) is 12.8 Å². The largest absolute Gasteiger partial charge is 0.480 e. The van der Waals surface area contributed by atoms with Crippen LogP contribution in [0.15, 0.2) is 18.2 Å². The molecule has 2 aliphatic heterocycles. The average Bonchev–Trinajstić information content (AvgIpc) is 2.89. The smallest absolute Gasteiger partial charge is 0.323 e. The number of hydrogen-bond donors (Lipinski definition) is 2. The van der Waals surface area contributed by atoms with Gasteiger partial charge in [0.25, 0.3) is 0 Å². The summed E-state index contributed by atoms with van der Waals surface area (Å²) in [6.07, 6.45) is 0.584. The summed E-state index contributed by atoms with van der Waals surface area (Å²) in [5.41, 5.74) is 1.51. The molecule has 1 aromatic carbocycles. The van der Waals surface area contributed by atoms with Crippen LogP contribution in [-0.4, -0.2) is 75.4 Å². The van der Waals surface area contributed by atoms with E-state index in [1.807, 2.05) is 0 Å². The lowest BCUT2D eigenvalue weighted by Gasteiger charge is -2.26. The molecule has 0 aliphatic carbocycles. The van der Waals surface area contributed by atoms with Crippen LogP contribution in [0, 0.1) is 0 Å². The SMILES string of the molecule is Cl.O=C(O)CN1C(=O)Cc2cc(NS(=O)(=O)CCCN3CCOCC3)ccc21. The van der Waals surface area contributed by atoms with Crippen molar-refractivity contribution in [3.8, 4) is 0 Å². The van der Waals surface area contributed by atoms with Gasteiger partial charge in [-0.3, -0.25) is 19.2 Å². The molecule has 0 bridgehead atoms. The number of nitrogens with one attached hydrogen (secondary N) is 1. The third kappa shape index (κ3) is 5.81. The summed E-state index contributed by atoms with van der Waals surface area (Å²) in [5, 5.41) is 8.91. The Balaban J connectivity index is 0.00000280. The van der Waals surface area contributed by atoms with Gasteiger partial charge in [0.15, 0.2) is 0 Å². The molecule has 0 aromatic heterocycles. The van der Waals surface area contributed by atoms with Crippen LogP contribution in [0.5, 0.6) is 0 Å². The molecule has 3 rings (SSSR count). The summed E-state index contributed by atoms with van der Waals surface area (Å²) in [5.74, 6) is -1.40. The van der Waals surface area contributed by atoms with Gasteiger partial charge in [-0.25, -0.2) is 8.42 Å². The standard InChI is InChI=1S/C17H23N3O6S.ClH/c21-16-11-13-10-14(2-3-15(13)20(16)12-17(22)23)18-27(24,25)9-1-4-19-5-7-26-8-6-19;/h2-3,10,18H,1,4-9,11-12H2,(H,22,23);1H. The second-order valence-electron chi connectivity index (χ2n) is 6.62. The number of carbonyl (C=O) groups is 2. The van der Waals surface area contributed by atoms with Gasteiger partial charge < -0.3 is 14.7 Å². The molecule has 2 heterocycles. The van der Waals surface area contributed by atoms with Crippen LogP contribution >= 0.6 is 12.4 Å². The van der Waals surface area contributed by atoms with E-state index in [0.29, 0.717) is 43.1 Å². The van der Waals surface area contributed by atoms with Crippen molar-refractivity contribution in [2.24, 2.45) is 0 Å². The minimum Gasteiger partial charge on any atom is -0.480 e. The monoisotopic (exact) mass is 433 g/mol. The van der Waals surface area contributed by atoms with Crippen LogP contribution < -0.4 is 9.62 Å². The normalized spacial score (nSPS) is 17.1. The lowest BCUT2D eigenvalue weighted by molar-refractivity contribution is -0.136. The van der Waals surface area contributed by atoms with E-state index in [0.717, 1.165) is 13.1 Å². The highest BCUT2D eigenvalue weighted by Crippen LogP contribution is 2.31. The van der Waals surface area contributed by atoms with E-state index in [-0.39, 0.29) is 30.5 Å². The van der Waals surface area contributed by atoms with Gasteiger partial charge in [0.2, 0.25) is 15.9 Å². The van der Waals surface area contributed by atoms with Gasteiger partial charge in [0.05, 0.1) is 25.4 Å². The topological polar surface area (TPSA) is 116 Å². The number of nitrogens with zero attached hydrogens (tertiary/aromatic N) is 2. The van der Waals surface area contributed by atoms with Crippen LogP contribution in [0.2, 0.25) is 0 Å². The predicted molar refractivity (Wildman–Crippen MR) is 107 cm³/mol. The van der Waals surface area contributed by atoms with Crippen molar-refractivity contribution >= 4 is 45.7 Å². The fourth-order valence-corrected chi connectivity index (χ4v) is 4.39. The van der Waals surface area contributed by atoms with E-state index in [1.54, 1.807) is 18.2 Å². The molecule has 0 saturated carbocycles. The molecule has 28 heavy (non-hydrogen) atoms. The minimum atomic E-state index is -3.50. The summed E-state index contributed by atoms with van der Waals surface area (Å²) in [6, 6.07) is 4.72. The van der Waals surface area contributed by atoms with Crippen LogP contribution in [-0.2, 0) is 30.8 Å². The number of fused-ring (bicyclic) bond motifs is 1. The Morgan fingerprint density at radius 3 is 2.64 bits per heavy atom. The average molecular weight is 434 g/mol. The lowest BCUT2D eigenvalue weighted by atomic mass is 10.1. The van der Waals surface area contributed by atoms with Gasteiger partial charge >= 0.3 is 5.97 Å². The van der Waals surface area contributed by atoms with Gasteiger partial charge in [-0.2, -0.15) is 0 Å². The maximum absolute atomic E-state index is 12.3. The number of carbonyl (C=O) groups excluding carboxylic acids is 1. The van der Waals surface area contributed by atoms with Gasteiger partial charge in [0, 0.05) is 24.5 Å². The Bertz CT molecular complexity index is 826. The molecule has 2 N–H and O–H groups in total. The molecular formula is C17H24ClN3O6S. The van der Waals surface area contributed by atoms with Crippen molar-refractivity contribution in [3.05, 3.63) is 23.8 Å². The Hall–Kier alpha value is -1.88. The summed E-state index contributed by atoms with van der Waals surface area (Å²) in [6.45, 7) is 3.29. The van der Waals surface area contributed by atoms with Crippen LogP contribution in [0.4, 0.5) is 11.4 Å². The second-order valence-corrected chi connectivity index (χ2v) is 8.46. The van der Waals surface area contributed by atoms with E-state index < -0.39 is 22.5 Å². The van der Waals surface area contributed by atoms with Crippen LogP contribution in [0.1, 0.15) is 12.0 Å². The molecular weight excluding hydrogens is 410 g/mol. The van der Waals surface area contributed by atoms with Crippen molar-refractivity contribution < 1.29 is 27.9 Å². The highest BCUT2D eigenvalue weighted by atomic mass is 35.5. The summed E-state index contributed by atoms with van der Waals surface area (Å²) >= 11 is 0. The maximum Gasteiger partial charge on any atom is 0.323 e. The number of carboxylic acid groups (broad SMARTS) is 1. The zero-order chi connectivity index (χ0) is 19.4. The summed E-state index contributed by atoms with van der Waals surface area (Å²) < 4.78 is 32.4. The fourth-order valence-electron chi connectivity index (χ4n) is 3.29. The first kappa shape index (κ1) is 22.4. The summed E-state index contributed by atoms with van der Waals surface area (Å²) in [7, 11) is -3.50. The number of sulfonamides is 1. The number of ether oxygens (including phenoxy) is 1. The number of anilines is 2. The molecule has 1 amide bonds. The fraction of sp³-hybridized carbons (Fsp3) is 0.529. The molecule has 2 aliphatic rings. The van der Waals surface area contributed by atoms with Gasteiger partial charge in [-0.1, -0.05) is 0 Å². The minimum absolute atomic E-state index is 0. The number of amides is 1. The first-order chi connectivity index (χ1) is 12.8. The van der Waals surface area contributed by atoms with E-state index in [2.05, 4.69) is 9.62 Å². The van der Waals surface area contributed by atoms with Gasteiger partial charge in [-0.15, -0.1) is 12.4 Å². The number of morpholine rings is 1. The Labute approximate surface area is 170 Å².